The molecule has 0 bridgehead atoms. The van der Waals surface area contributed by atoms with Gasteiger partial charge in [-0.05, 0) is 30.5 Å². The highest BCUT2D eigenvalue weighted by molar-refractivity contribution is 5.82. The summed E-state index contributed by atoms with van der Waals surface area (Å²) in [5.41, 5.74) is 2.59. The highest BCUT2D eigenvalue weighted by atomic mass is 14.9. The number of fused-ring (bicyclic) bond motifs is 1. The third kappa shape index (κ3) is 2.64. The van der Waals surface area contributed by atoms with Gasteiger partial charge in [-0.25, -0.2) is 0 Å². The molecular formula is C14H20N2. The fraction of sp³-hybridized carbons (Fsp3) is 0.429. The van der Waals surface area contributed by atoms with Gasteiger partial charge in [0.15, 0.2) is 0 Å². The first-order chi connectivity index (χ1) is 7.77. The van der Waals surface area contributed by atoms with Gasteiger partial charge in [-0.3, -0.25) is 0 Å². The monoisotopic (exact) mass is 216 g/mol. The topological polar surface area (TPSA) is 27.8 Å². The van der Waals surface area contributed by atoms with Gasteiger partial charge < -0.3 is 10.3 Å². The number of benzene rings is 1. The Morgan fingerprint density at radius 1 is 1.25 bits per heavy atom. The van der Waals surface area contributed by atoms with Crippen LogP contribution in [0.4, 0.5) is 0 Å². The van der Waals surface area contributed by atoms with Crippen LogP contribution in [-0.4, -0.2) is 11.5 Å². The van der Waals surface area contributed by atoms with Crippen LogP contribution in [0.15, 0.2) is 30.5 Å². The van der Waals surface area contributed by atoms with E-state index in [1.807, 2.05) is 0 Å². The van der Waals surface area contributed by atoms with Gasteiger partial charge in [0, 0.05) is 23.6 Å². The van der Waals surface area contributed by atoms with Gasteiger partial charge in [0.2, 0.25) is 0 Å². The quantitative estimate of drug-likeness (QED) is 0.737. The molecule has 1 aromatic carbocycles. The average Bonchev–Trinajstić information content (AvgIpc) is 2.68. The van der Waals surface area contributed by atoms with Gasteiger partial charge in [-0.1, -0.05) is 32.0 Å². The van der Waals surface area contributed by atoms with Gasteiger partial charge in [0.05, 0.1) is 0 Å². The molecule has 0 amide bonds. The van der Waals surface area contributed by atoms with Gasteiger partial charge in [0.1, 0.15) is 0 Å². The van der Waals surface area contributed by atoms with Crippen molar-refractivity contribution < 1.29 is 0 Å². The maximum atomic E-state index is 3.49. The molecule has 0 aliphatic carbocycles. The normalized spacial score (nSPS) is 11.4. The fourth-order valence-corrected chi connectivity index (χ4v) is 1.89. The van der Waals surface area contributed by atoms with Crippen LogP contribution in [0.5, 0.6) is 0 Å². The van der Waals surface area contributed by atoms with Crippen LogP contribution in [-0.2, 0) is 6.54 Å². The van der Waals surface area contributed by atoms with Crippen molar-refractivity contribution in [1.82, 2.24) is 10.3 Å². The predicted molar refractivity (Wildman–Crippen MR) is 69.5 cm³/mol. The lowest BCUT2D eigenvalue weighted by Gasteiger charge is -2.06. The summed E-state index contributed by atoms with van der Waals surface area (Å²) in [5.74, 6) is 0.774. The number of para-hydroxylation sites is 1. The molecule has 0 fully saturated rings. The van der Waals surface area contributed by atoms with Crippen LogP contribution >= 0.6 is 0 Å². The van der Waals surface area contributed by atoms with E-state index in [4.69, 9.17) is 0 Å². The minimum atomic E-state index is 0.774. The molecule has 1 heterocycles. The summed E-state index contributed by atoms with van der Waals surface area (Å²) in [6, 6.07) is 8.45. The van der Waals surface area contributed by atoms with E-state index in [2.05, 4.69) is 54.6 Å². The van der Waals surface area contributed by atoms with Crippen LogP contribution in [0.25, 0.3) is 10.9 Å². The van der Waals surface area contributed by atoms with Crippen molar-refractivity contribution >= 4 is 10.9 Å². The number of H-pyrrole nitrogens is 1. The minimum absolute atomic E-state index is 0.774. The van der Waals surface area contributed by atoms with E-state index >= 15 is 0 Å². The third-order valence-electron chi connectivity index (χ3n) is 2.89. The zero-order valence-electron chi connectivity index (χ0n) is 10.1. The van der Waals surface area contributed by atoms with Crippen LogP contribution < -0.4 is 5.32 Å². The zero-order valence-corrected chi connectivity index (χ0v) is 10.1. The Hall–Kier alpha value is -1.28. The van der Waals surface area contributed by atoms with E-state index in [1.165, 1.54) is 22.9 Å². The first-order valence-corrected chi connectivity index (χ1v) is 6.03. The maximum absolute atomic E-state index is 3.49. The van der Waals surface area contributed by atoms with Gasteiger partial charge >= 0.3 is 0 Å². The number of aromatic amines is 1. The Balaban J connectivity index is 1.94. The molecule has 86 valence electrons. The Morgan fingerprint density at radius 3 is 2.88 bits per heavy atom. The molecule has 0 saturated heterocycles. The molecule has 0 spiro atoms. The van der Waals surface area contributed by atoms with E-state index in [0.29, 0.717) is 0 Å². The van der Waals surface area contributed by atoms with E-state index in [1.54, 1.807) is 0 Å². The number of nitrogens with one attached hydrogen (secondary N) is 2. The molecule has 0 unspecified atom stereocenters. The molecule has 0 saturated carbocycles. The van der Waals surface area contributed by atoms with E-state index in [-0.39, 0.29) is 0 Å². The summed E-state index contributed by atoms with van der Waals surface area (Å²) in [5, 5.41) is 4.82. The number of hydrogen-bond donors (Lipinski definition) is 2. The van der Waals surface area contributed by atoms with Gasteiger partial charge in [-0.2, -0.15) is 0 Å². The molecule has 16 heavy (non-hydrogen) atoms. The lowest BCUT2D eigenvalue weighted by atomic mass is 10.1. The molecule has 2 N–H and O–H groups in total. The van der Waals surface area contributed by atoms with Crippen LogP contribution in [0.2, 0.25) is 0 Å². The molecule has 2 aromatic rings. The van der Waals surface area contributed by atoms with Gasteiger partial charge in [-0.15, -0.1) is 0 Å². The first-order valence-electron chi connectivity index (χ1n) is 6.03. The number of rotatable bonds is 5. The summed E-state index contributed by atoms with van der Waals surface area (Å²) in [6.45, 7) is 6.56. The lowest BCUT2D eigenvalue weighted by Crippen LogP contribution is -2.15. The van der Waals surface area contributed by atoms with Crippen molar-refractivity contribution in [3.63, 3.8) is 0 Å². The number of hydrogen-bond acceptors (Lipinski definition) is 1. The van der Waals surface area contributed by atoms with E-state index < -0.39 is 0 Å². The first kappa shape index (κ1) is 11.2. The van der Waals surface area contributed by atoms with Crippen molar-refractivity contribution in [2.24, 2.45) is 5.92 Å². The van der Waals surface area contributed by atoms with Crippen molar-refractivity contribution in [1.29, 1.82) is 0 Å². The van der Waals surface area contributed by atoms with Crippen LogP contribution in [0.1, 0.15) is 25.8 Å². The summed E-state index contributed by atoms with van der Waals surface area (Å²) in [7, 11) is 0. The summed E-state index contributed by atoms with van der Waals surface area (Å²) in [4.78, 5) is 3.30. The van der Waals surface area contributed by atoms with E-state index in [0.717, 1.165) is 19.0 Å². The molecule has 1 aromatic heterocycles. The highest BCUT2D eigenvalue weighted by Gasteiger charge is 2.01. The molecule has 2 rings (SSSR count). The summed E-state index contributed by atoms with van der Waals surface area (Å²) in [6.07, 6.45) is 3.34. The van der Waals surface area contributed by atoms with E-state index in [9.17, 15) is 0 Å². The molecule has 2 nitrogen and oxygen atoms in total. The summed E-state index contributed by atoms with van der Waals surface area (Å²) < 4.78 is 0. The molecular weight excluding hydrogens is 196 g/mol. The summed E-state index contributed by atoms with van der Waals surface area (Å²) >= 11 is 0. The third-order valence-corrected chi connectivity index (χ3v) is 2.89. The average molecular weight is 216 g/mol. The Morgan fingerprint density at radius 2 is 2.06 bits per heavy atom. The number of aromatic nitrogens is 1. The fourth-order valence-electron chi connectivity index (χ4n) is 1.89. The lowest BCUT2D eigenvalue weighted by molar-refractivity contribution is 0.538. The van der Waals surface area contributed by atoms with Crippen molar-refractivity contribution in [3.8, 4) is 0 Å². The zero-order chi connectivity index (χ0) is 11.4. The van der Waals surface area contributed by atoms with Crippen molar-refractivity contribution in [2.45, 2.75) is 26.8 Å². The molecule has 2 heteroatoms. The second-order valence-corrected chi connectivity index (χ2v) is 4.72. The largest absolute Gasteiger partial charge is 0.361 e. The Kier molecular flexibility index (Phi) is 3.62. The molecule has 0 atom stereocenters. The second-order valence-electron chi connectivity index (χ2n) is 4.72. The molecule has 0 aliphatic rings. The Labute approximate surface area is 97.1 Å². The standard InChI is InChI=1S/C14H20N2/c1-11(2)7-8-15-9-12-10-16-14-6-4-3-5-13(12)14/h3-6,10-11,15-16H,7-9H2,1-2H3. The second kappa shape index (κ2) is 5.17. The SMILES string of the molecule is CC(C)CCNCc1c[nH]c2ccccc12. The van der Waals surface area contributed by atoms with Gasteiger partial charge in [0.25, 0.3) is 0 Å². The van der Waals surface area contributed by atoms with Crippen LogP contribution in [0.3, 0.4) is 0 Å². The Bertz CT molecular complexity index is 443. The minimum Gasteiger partial charge on any atom is -0.361 e. The maximum Gasteiger partial charge on any atom is 0.0457 e. The van der Waals surface area contributed by atoms with Crippen molar-refractivity contribution in [2.75, 3.05) is 6.54 Å². The smallest absolute Gasteiger partial charge is 0.0457 e. The van der Waals surface area contributed by atoms with Crippen molar-refractivity contribution in [3.05, 3.63) is 36.0 Å². The van der Waals surface area contributed by atoms with Crippen LogP contribution in [0, 0.1) is 5.92 Å². The highest BCUT2D eigenvalue weighted by Crippen LogP contribution is 2.17. The molecule has 0 radical (unpaired) electrons. The molecule has 0 aliphatic heterocycles. The predicted octanol–water partition coefficient (Wildman–Crippen LogP) is 3.30.